The van der Waals surface area contributed by atoms with Crippen LogP contribution in [-0.4, -0.2) is 14.9 Å². The summed E-state index contributed by atoms with van der Waals surface area (Å²) in [5.41, 5.74) is 3.13. The number of hydrogen-bond donors (Lipinski definition) is 1. The summed E-state index contributed by atoms with van der Waals surface area (Å²) in [6.45, 7) is 3.77. The third-order valence-electron chi connectivity index (χ3n) is 2.98. The molecule has 1 aromatic carbocycles. The van der Waals surface area contributed by atoms with E-state index in [0.717, 1.165) is 26.4 Å². The molecule has 3 nitrogen and oxygen atoms in total. The van der Waals surface area contributed by atoms with E-state index in [4.69, 9.17) is 0 Å². The van der Waals surface area contributed by atoms with Crippen molar-refractivity contribution in [2.75, 3.05) is 0 Å². The van der Waals surface area contributed by atoms with Crippen molar-refractivity contribution in [1.29, 1.82) is 0 Å². The Labute approximate surface area is 126 Å². The predicted molar refractivity (Wildman–Crippen MR) is 82.3 cm³/mol. The third kappa shape index (κ3) is 3.41. The van der Waals surface area contributed by atoms with Gasteiger partial charge in [0, 0.05) is 17.7 Å². The fourth-order valence-electron chi connectivity index (χ4n) is 1.85. The lowest BCUT2D eigenvalue weighted by atomic mass is 10.1. The first-order valence-electron chi connectivity index (χ1n) is 6.08. The van der Waals surface area contributed by atoms with Gasteiger partial charge in [-0.3, -0.25) is 4.68 Å². The molecule has 19 heavy (non-hydrogen) atoms. The lowest BCUT2D eigenvalue weighted by molar-refractivity contribution is 0.199. The van der Waals surface area contributed by atoms with Crippen LogP contribution in [0.4, 0.5) is 0 Å². The highest BCUT2D eigenvalue weighted by Crippen LogP contribution is 2.29. The van der Waals surface area contributed by atoms with E-state index >= 15 is 0 Å². The highest BCUT2D eigenvalue weighted by molar-refractivity contribution is 9.10. The first-order chi connectivity index (χ1) is 8.99. The lowest BCUT2D eigenvalue weighted by Crippen LogP contribution is -1.97. The maximum Gasteiger partial charge on any atom is 0.0762 e. The predicted octanol–water partition coefficient (Wildman–Crippen LogP) is 3.84. The number of thioether (sulfide) groups is 1. The molecule has 0 bridgehead atoms. The lowest BCUT2D eigenvalue weighted by Gasteiger charge is -2.08. The van der Waals surface area contributed by atoms with Gasteiger partial charge in [0.25, 0.3) is 0 Å². The molecule has 0 spiro atoms. The van der Waals surface area contributed by atoms with Crippen molar-refractivity contribution in [2.24, 2.45) is 7.05 Å². The van der Waals surface area contributed by atoms with Crippen molar-refractivity contribution >= 4 is 27.7 Å². The second-order valence-electron chi connectivity index (χ2n) is 4.51. The van der Waals surface area contributed by atoms with E-state index in [0.29, 0.717) is 0 Å². The fourth-order valence-corrected chi connectivity index (χ4v) is 3.54. The van der Waals surface area contributed by atoms with E-state index in [9.17, 15) is 5.11 Å². The average Bonchev–Trinajstić information content (AvgIpc) is 2.61. The molecule has 1 atom stereocenters. The van der Waals surface area contributed by atoms with Crippen LogP contribution in [0.3, 0.4) is 0 Å². The van der Waals surface area contributed by atoms with Gasteiger partial charge in [0.15, 0.2) is 0 Å². The Kier molecular flexibility index (Phi) is 4.71. The minimum absolute atomic E-state index is 0.425. The molecule has 102 valence electrons. The van der Waals surface area contributed by atoms with E-state index in [1.807, 2.05) is 36.9 Å². The number of aliphatic hydroxyl groups is 1. The number of hydrogen-bond acceptors (Lipinski definition) is 3. The molecular formula is C14H17BrN2OS. The van der Waals surface area contributed by atoms with Crippen molar-refractivity contribution in [3.63, 3.8) is 0 Å². The largest absolute Gasteiger partial charge is 0.389 e. The van der Waals surface area contributed by atoms with Crippen molar-refractivity contribution < 1.29 is 5.11 Å². The number of halogens is 1. The van der Waals surface area contributed by atoms with Crippen LogP contribution in [0.5, 0.6) is 0 Å². The van der Waals surface area contributed by atoms with Crippen molar-refractivity contribution in [2.45, 2.75) is 30.6 Å². The van der Waals surface area contributed by atoms with Crippen molar-refractivity contribution in [3.05, 3.63) is 45.7 Å². The Morgan fingerprint density at radius 3 is 2.79 bits per heavy atom. The monoisotopic (exact) mass is 340 g/mol. The van der Waals surface area contributed by atoms with Gasteiger partial charge < -0.3 is 5.11 Å². The van der Waals surface area contributed by atoms with Crippen LogP contribution in [0.1, 0.15) is 30.0 Å². The number of aliphatic hydroxyl groups excluding tert-OH is 1. The minimum atomic E-state index is -0.425. The SMILES string of the molecule is Cc1nn(C)c(CSc2cccc(C(C)O)c2)c1Br. The molecule has 5 heteroatoms. The maximum absolute atomic E-state index is 9.59. The Morgan fingerprint density at radius 1 is 1.47 bits per heavy atom. The number of benzene rings is 1. The van der Waals surface area contributed by atoms with Crippen LogP contribution in [-0.2, 0) is 12.8 Å². The van der Waals surface area contributed by atoms with Gasteiger partial charge in [-0.2, -0.15) is 5.10 Å². The Morgan fingerprint density at radius 2 is 2.21 bits per heavy atom. The molecule has 0 aliphatic rings. The van der Waals surface area contributed by atoms with Crippen LogP contribution >= 0.6 is 27.7 Å². The molecule has 1 heterocycles. The van der Waals surface area contributed by atoms with Gasteiger partial charge in [0.1, 0.15) is 0 Å². The third-order valence-corrected chi connectivity index (χ3v) is 5.01. The highest BCUT2D eigenvalue weighted by Gasteiger charge is 2.11. The molecule has 0 aliphatic carbocycles. The van der Waals surface area contributed by atoms with Gasteiger partial charge in [-0.25, -0.2) is 0 Å². The first kappa shape index (κ1) is 14.6. The smallest absolute Gasteiger partial charge is 0.0762 e. The van der Waals surface area contributed by atoms with Crippen molar-refractivity contribution in [3.8, 4) is 0 Å². The van der Waals surface area contributed by atoms with Crippen LogP contribution in [0.2, 0.25) is 0 Å². The minimum Gasteiger partial charge on any atom is -0.389 e. The van der Waals surface area contributed by atoms with E-state index in [1.165, 1.54) is 5.69 Å². The molecular weight excluding hydrogens is 324 g/mol. The zero-order chi connectivity index (χ0) is 14.0. The molecule has 0 radical (unpaired) electrons. The van der Waals surface area contributed by atoms with E-state index in [1.54, 1.807) is 18.7 Å². The molecule has 2 aromatic rings. The molecule has 0 fully saturated rings. The van der Waals surface area contributed by atoms with Gasteiger partial charge in [-0.15, -0.1) is 11.8 Å². The fraction of sp³-hybridized carbons (Fsp3) is 0.357. The van der Waals surface area contributed by atoms with Crippen LogP contribution < -0.4 is 0 Å². The zero-order valence-electron chi connectivity index (χ0n) is 11.2. The first-order valence-corrected chi connectivity index (χ1v) is 7.85. The molecule has 0 saturated carbocycles. The van der Waals surface area contributed by atoms with E-state index in [-0.39, 0.29) is 0 Å². The Bertz CT molecular complexity index is 581. The standard InChI is InChI=1S/C14H17BrN2OS/c1-9-14(15)13(17(3)16-9)8-19-12-6-4-5-11(7-12)10(2)18/h4-7,10,18H,8H2,1-3H3. The van der Waals surface area contributed by atoms with Gasteiger partial charge in [-0.1, -0.05) is 12.1 Å². The number of aromatic nitrogens is 2. The summed E-state index contributed by atoms with van der Waals surface area (Å²) in [7, 11) is 1.96. The summed E-state index contributed by atoms with van der Waals surface area (Å²) in [6.07, 6.45) is -0.425. The molecule has 0 saturated heterocycles. The van der Waals surface area contributed by atoms with Crippen LogP contribution in [0.25, 0.3) is 0 Å². The second kappa shape index (κ2) is 6.11. The molecule has 0 amide bonds. The summed E-state index contributed by atoms with van der Waals surface area (Å²) in [5, 5.41) is 14.0. The molecule has 2 rings (SSSR count). The van der Waals surface area contributed by atoms with Gasteiger partial charge in [0.05, 0.1) is 22.0 Å². The van der Waals surface area contributed by atoms with Crippen LogP contribution in [0.15, 0.2) is 33.6 Å². The average molecular weight is 341 g/mol. The Hall–Kier alpha value is -0.780. The van der Waals surface area contributed by atoms with E-state index < -0.39 is 6.10 Å². The number of rotatable bonds is 4. The van der Waals surface area contributed by atoms with Crippen molar-refractivity contribution in [1.82, 2.24) is 9.78 Å². The van der Waals surface area contributed by atoms with Crippen LogP contribution in [0, 0.1) is 6.92 Å². The topological polar surface area (TPSA) is 38.0 Å². The normalized spacial score (nSPS) is 12.7. The molecule has 0 aliphatic heterocycles. The molecule has 1 aromatic heterocycles. The quantitative estimate of drug-likeness (QED) is 0.859. The summed E-state index contributed by atoms with van der Waals surface area (Å²) in [4.78, 5) is 1.16. The van der Waals surface area contributed by atoms with E-state index in [2.05, 4.69) is 27.1 Å². The summed E-state index contributed by atoms with van der Waals surface area (Å²) in [6, 6.07) is 8.02. The highest BCUT2D eigenvalue weighted by atomic mass is 79.9. The number of aryl methyl sites for hydroxylation is 2. The maximum atomic E-state index is 9.59. The van der Waals surface area contributed by atoms with Gasteiger partial charge in [-0.05, 0) is 47.5 Å². The van der Waals surface area contributed by atoms with Gasteiger partial charge in [0.2, 0.25) is 0 Å². The zero-order valence-corrected chi connectivity index (χ0v) is 13.6. The Balaban J connectivity index is 2.12. The second-order valence-corrected chi connectivity index (χ2v) is 6.35. The van der Waals surface area contributed by atoms with Gasteiger partial charge >= 0.3 is 0 Å². The molecule has 1 unspecified atom stereocenters. The summed E-state index contributed by atoms with van der Waals surface area (Å²) >= 11 is 5.32. The number of nitrogens with zero attached hydrogens (tertiary/aromatic N) is 2. The summed E-state index contributed by atoms with van der Waals surface area (Å²) in [5.74, 6) is 0.848. The molecule has 1 N–H and O–H groups in total. The summed E-state index contributed by atoms with van der Waals surface area (Å²) < 4.78 is 2.99.